The summed E-state index contributed by atoms with van der Waals surface area (Å²) in [5.74, 6) is -0.561. The van der Waals surface area contributed by atoms with Crippen LogP contribution in [0, 0.1) is 0 Å². The number of halogens is 1. The van der Waals surface area contributed by atoms with Crippen LogP contribution in [-0.2, 0) is 11.2 Å². The number of benzene rings is 2. The molecule has 2 aliphatic heterocycles. The van der Waals surface area contributed by atoms with E-state index in [1.807, 2.05) is 18.2 Å². The van der Waals surface area contributed by atoms with Crippen molar-refractivity contribution in [3.05, 3.63) is 63.6 Å². The zero-order valence-corrected chi connectivity index (χ0v) is 15.0. The topological polar surface area (TPSA) is 57.7 Å². The maximum Gasteiger partial charge on any atom is 0.261 e. The van der Waals surface area contributed by atoms with Crippen molar-refractivity contribution < 1.29 is 14.4 Å². The van der Waals surface area contributed by atoms with Gasteiger partial charge < -0.3 is 4.90 Å². The van der Waals surface area contributed by atoms with Crippen LogP contribution in [0.15, 0.2) is 46.9 Å². The molecule has 25 heavy (non-hydrogen) atoms. The Morgan fingerprint density at radius 1 is 0.840 bits per heavy atom. The summed E-state index contributed by atoms with van der Waals surface area (Å²) < 4.78 is 0.973. The number of carbonyl (C=O) groups is 3. The fraction of sp³-hybridized carbons (Fsp3) is 0.211. The van der Waals surface area contributed by atoms with Crippen molar-refractivity contribution in [3.63, 3.8) is 0 Å². The first-order valence-electron chi connectivity index (χ1n) is 8.10. The Labute approximate surface area is 153 Å². The molecule has 4 rings (SSSR count). The lowest BCUT2D eigenvalue weighted by molar-refractivity contribution is -0.118. The van der Waals surface area contributed by atoms with E-state index in [-0.39, 0.29) is 24.3 Å². The Hall–Kier alpha value is -2.47. The molecule has 2 aromatic carbocycles. The van der Waals surface area contributed by atoms with E-state index in [0.29, 0.717) is 30.5 Å². The van der Waals surface area contributed by atoms with Gasteiger partial charge in [-0.05, 0) is 42.3 Å². The molecule has 0 atom stereocenters. The lowest BCUT2D eigenvalue weighted by atomic mass is 10.0. The number of aryl methyl sites for hydroxylation is 1. The number of anilines is 1. The van der Waals surface area contributed by atoms with E-state index >= 15 is 0 Å². The van der Waals surface area contributed by atoms with Gasteiger partial charge in [0.2, 0.25) is 5.91 Å². The van der Waals surface area contributed by atoms with Gasteiger partial charge in [-0.2, -0.15) is 0 Å². The van der Waals surface area contributed by atoms with E-state index in [2.05, 4.69) is 15.9 Å². The lowest BCUT2D eigenvalue weighted by Crippen LogP contribution is -2.42. The Kier molecular flexibility index (Phi) is 3.92. The summed E-state index contributed by atoms with van der Waals surface area (Å²) in [6.07, 6.45) is 1.14. The molecule has 0 saturated heterocycles. The molecule has 0 spiro atoms. The van der Waals surface area contributed by atoms with E-state index < -0.39 is 0 Å². The van der Waals surface area contributed by atoms with E-state index in [4.69, 9.17) is 0 Å². The molecule has 2 aromatic rings. The molecule has 0 bridgehead atoms. The maximum absolute atomic E-state index is 12.4. The molecule has 3 amide bonds. The number of hydrogen-bond acceptors (Lipinski definition) is 3. The minimum atomic E-state index is -0.291. The standard InChI is InChI=1S/C19H15BrN2O3/c20-13-6-7-16-12(11-13)5-8-17(23)21(16)9-10-22-18(24)14-3-1-2-4-15(14)19(22)25/h1-4,6-7,11H,5,8-10H2. The van der Waals surface area contributed by atoms with Gasteiger partial charge in [-0.25, -0.2) is 0 Å². The first-order valence-corrected chi connectivity index (χ1v) is 8.89. The third kappa shape index (κ3) is 2.66. The predicted octanol–water partition coefficient (Wildman–Crippen LogP) is 3.02. The molecule has 5 nitrogen and oxygen atoms in total. The van der Waals surface area contributed by atoms with Gasteiger partial charge >= 0.3 is 0 Å². The minimum Gasteiger partial charge on any atom is -0.310 e. The van der Waals surface area contributed by atoms with Gasteiger partial charge in [-0.15, -0.1) is 0 Å². The number of fused-ring (bicyclic) bond motifs is 2. The first-order chi connectivity index (χ1) is 12.1. The summed E-state index contributed by atoms with van der Waals surface area (Å²) in [5.41, 5.74) is 2.82. The average Bonchev–Trinajstić information content (AvgIpc) is 2.86. The summed E-state index contributed by atoms with van der Waals surface area (Å²) in [6.45, 7) is 0.493. The molecule has 0 N–H and O–H groups in total. The van der Waals surface area contributed by atoms with Crippen molar-refractivity contribution in [2.24, 2.45) is 0 Å². The zero-order chi connectivity index (χ0) is 17.6. The van der Waals surface area contributed by atoms with E-state index in [9.17, 15) is 14.4 Å². The van der Waals surface area contributed by atoms with E-state index in [1.54, 1.807) is 29.2 Å². The van der Waals surface area contributed by atoms with Gasteiger partial charge in [0.05, 0.1) is 11.1 Å². The molecular formula is C19H15BrN2O3. The normalized spacial score (nSPS) is 16.3. The Morgan fingerprint density at radius 3 is 2.16 bits per heavy atom. The molecule has 0 aromatic heterocycles. The van der Waals surface area contributed by atoms with Crippen molar-refractivity contribution in [1.29, 1.82) is 0 Å². The third-order valence-corrected chi connectivity index (χ3v) is 5.16. The van der Waals surface area contributed by atoms with Gasteiger partial charge in [0.25, 0.3) is 11.8 Å². The minimum absolute atomic E-state index is 0.0198. The number of hydrogen-bond donors (Lipinski definition) is 0. The number of carbonyl (C=O) groups excluding carboxylic acids is 3. The third-order valence-electron chi connectivity index (χ3n) is 4.67. The average molecular weight is 399 g/mol. The summed E-state index contributed by atoms with van der Waals surface area (Å²) in [7, 11) is 0. The van der Waals surface area contributed by atoms with Crippen LogP contribution in [0.25, 0.3) is 0 Å². The van der Waals surface area contributed by atoms with Crippen LogP contribution in [0.1, 0.15) is 32.7 Å². The molecule has 0 fully saturated rings. The summed E-state index contributed by atoms with van der Waals surface area (Å²) in [6, 6.07) is 12.6. The highest BCUT2D eigenvalue weighted by atomic mass is 79.9. The molecule has 0 radical (unpaired) electrons. The molecule has 0 unspecified atom stereocenters. The predicted molar refractivity (Wildman–Crippen MR) is 96.6 cm³/mol. The fourth-order valence-corrected chi connectivity index (χ4v) is 3.82. The molecule has 0 saturated carbocycles. The quantitative estimate of drug-likeness (QED) is 0.746. The monoisotopic (exact) mass is 398 g/mol. The van der Waals surface area contributed by atoms with Crippen LogP contribution < -0.4 is 4.90 Å². The van der Waals surface area contributed by atoms with E-state index in [0.717, 1.165) is 15.7 Å². The maximum atomic E-state index is 12.4. The van der Waals surface area contributed by atoms with Crippen LogP contribution in [0.2, 0.25) is 0 Å². The SMILES string of the molecule is O=C1c2ccccc2C(=O)N1CCN1C(=O)CCc2cc(Br)ccc21. The highest BCUT2D eigenvalue weighted by molar-refractivity contribution is 9.10. The fourth-order valence-electron chi connectivity index (χ4n) is 3.42. The summed E-state index contributed by atoms with van der Waals surface area (Å²) in [4.78, 5) is 40.2. The number of amides is 3. The Balaban J connectivity index is 1.56. The highest BCUT2D eigenvalue weighted by Crippen LogP contribution is 2.30. The van der Waals surface area contributed by atoms with Crippen LogP contribution >= 0.6 is 15.9 Å². The molecule has 6 heteroatoms. The van der Waals surface area contributed by atoms with Crippen molar-refractivity contribution in [2.45, 2.75) is 12.8 Å². The molecule has 2 aliphatic rings. The van der Waals surface area contributed by atoms with Crippen molar-refractivity contribution in [3.8, 4) is 0 Å². The largest absolute Gasteiger partial charge is 0.310 e. The van der Waals surface area contributed by atoms with Gasteiger partial charge in [0.1, 0.15) is 0 Å². The summed E-state index contributed by atoms with van der Waals surface area (Å²) >= 11 is 3.45. The second-order valence-corrected chi connectivity index (χ2v) is 7.04. The Bertz CT molecular complexity index is 874. The van der Waals surface area contributed by atoms with Crippen molar-refractivity contribution in [1.82, 2.24) is 4.90 Å². The first kappa shape index (κ1) is 16.0. The van der Waals surface area contributed by atoms with Gasteiger partial charge in [0, 0.05) is 29.7 Å². The van der Waals surface area contributed by atoms with Crippen LogP contribution in [0.3, 0.4) is 0 Å². The van der Waals surface area contributed by atoms with Crippen molar-refractivity contribution in [2.75, 3.05) is 18.0 Å². The van der Waals surface area contributed by atoms with Crippen LogP contribution in [0.5, 0.6) is 0 Å². The zero-order valence-electron chi connectivity index (χ0n) is 13.4. The highest BCUT2D eigenvalue weighted by Gasteiger charge is 2.35. The molecule has 0 aliphatic carbocycles. The number of rotatable bonds is 3. The molecule has 2 heterocycles. The van der Waals surface area contributed by atoms with Gasteiger partial charge in [-0.3, -0.25) is 19.3 Å². The van der Waals surface area contributed by atoms with E-state index in [1.165, 1.54) is 4.90 Å². The Morgan fingerprint density at radius 2 is 1.48 bits per heavy atom. The summed E-state index contributed by atoms with van der Waals surface area (Å²) in [5, 5.41) is 0. The van der Waals surface area contributed by atoms with Crippen LogP contribution in [0.4, 0.5) is 5.69 Å². The number of imide groups is 1. The smallest absolute Gasteiger partial charge is 0.261 e. The number of nitrogens with zero attached hydrogens (tertiary/aromatic N) is 2. The molecular weight excluding hydrogens is 384 g/mol. The second-order valence-electron chi connectivity index (χ2n) is 6.13. The second kappa shape index (κ2) is 6.11. The van der Waals surface area contributed by atoms with Gasteiger partial charge in [0.15, 0.2) is 0 Å². The lowest BCUT2D eigenvalue weighted by Gasteiger charge is -2.30. The van der Waals surface area contributed by atoms with Crippen molar-refractivity contribution >= 4 is 39.3 Å². The van der Waals surface area contributed by atoms with Gasteiger partial charge in [-0.1, -0.05) is 28.1 Å². The molecule has 126 valence electrons. The van der Waals surface area contributed by atoms with Crippen LogP contribution in [-0.4, -0.2) is 35.7 Å².